The number of benzene rings is 1. The lowest BCUT2D eigenvalue weighted by Gasteiger charge is -2.25. The van der Waals surface area contributed by atoms with Gasteiger partial charge >= 0.3 is 6.09 Å². The van der Waals surface area contributed by atoms with Gasteiger partial charge in [-0.25, -0.2) is 4.79 Å². The van der Waals surface area contributed by atoms with Crippen molar-refractivity contribution < 1.29 is 9.53 Å². The molecule has 1 unspecified atom stereocenters. The summed E-state index contributed by atoms with van der Waals surface area (Å²) in [4.78, 5) is 16.7. The van der Waals surface area contributed by atoms with Crippen LogP contribution in [-0.4, -0.2) is 49.3 Å². The maximum atomic E-state index is 12.5. The molecule has 1 saturated heterocycles. The Balaban J connectivity index is 1.73. The highest BCUT2D eigenvalue weighted by Crippen LogP contribution is 2.35. The van der Waals surface area contributed by atoms with E-state index in [9.17, 15) is 4.79 Å². The van der Waals surface area contributed by atoms with Crippen LogP contribution < -0.4 is 10.2 Å². The van der Waals surface area contributed by atoms with E-state index in [1.807, 2.05) is 32.9 Å². The van der Waals surface area contributed by atoms with E-state index in [0.29, 0.717) is 12.6 Å². The Bertz CT molecular complexity index is 624. The highest BCUT2D eigenvalue weighted by atomic mass is 16.6. The number of hydrogen-bond acceptors (Lipinski definition) is 4. The molecular formula is C20H31N3O2. The third-order valence-electron chi connectivity index (χ3n) is 4.95. The number of nitrogens with one attached hydrogen (secondary N) is 1. The number of rotatable bonds is 2. The molecule has 1 atom stereocenters. The molecule has 1 aromatic carbocycles. The van der Waals surface area contributed by atoms with Gasteiger partial charge in [-0.3, -0.25) is 4.90 Å². The summed E-state index contributed by atoms with van der Waals surface area (Å²) >= 11 is 0. The Morgan fingerprint density at radius 3 is 2.76 bits per heavy atom. The van der Waals surface area contributed by atoms with Crippen LogP contribution in [0.25, 0.3) is 0 Å². The quantitative estimate of drug-likeness (QED) is 0.883. The van der Waals surface area contributed by atoms with E-state index in [1.54, 1.807) is 4.90 Å². The number of nitrogens with zero attached hydrogens (tertiary/aromatic N) is 2. The molecule has 2 heterocycles. The lowest BCUT2D eigenvalue weighted by atomic mass is 10.1. The van der Waals surface area contributed by atoms with Crippen LogP contribution in [0.15, 0.2) is 18.2 Å². The Labute approximate surface area is 151 Å². The van der Waals surface area contributed by atoms with Crippen LogP contribution >= 0.6 is 0 Å². The van der Waals surface area contributed by atoms with Crippen LogP contribution in [0.4, 0.5) is 16.2 Å². The molecule has 1 aromatic rings. The van der Waals surface area contributed by atoms with E-state index in [4.69, 9.17) is 4.74 Å². The summed E-state index contributed by atoms with van der Waals surface area (Å²) in [6.07, 6.45) is 4.22. The zero-order valence-corrected chi connectivity index (χ0v) is 16.0. The first-order valence-corrected chi connectivity index (χ1v) is 9.41. The maximum absolute atomic E-state index is 12.5. The van der Waals surface area contributed by atoms with Crippen molar-refractivity contribution in [2.75, 3.05) is 36.9 Å². The summed E-state index contributed by atoms with van der Waals surface area (Å²) < 4.78 is 5.56. The Kier molecular flexibility index (Phi) is 5.23. The fourth-order valence-electron chi connectivity index (χ4n) is 3.68. The fraction of sp³-hybridized carbons (Fsp3) is 0.650. The Morgan fingerprint density at radius 2 is 2.00 bits per heavy atom. The first-order chi connectivity index (χ1) is 11.8. The number of fused-ring (bicyclic) bond motifs is 1. The molecule has 1 N–H and O–H groups in total. The molecule has 2 aliphatic heterocycles. The molecule has 1 amide bonds. The van der Waals surface area contributed by atoms with E-state index < -0.39 is 5.60 Å². The van der Waals surface area contributed by atoms with Crippen molar-refractivity contribution in [2.24, 2.45) is 0 Å². The van der Waals surface area contributed by atoms with E-state index in [-0.39, 0.29) is 6.09 Å². The van der Waals surface area contributed by atoms with Crippen molar-refractivity contribution >= 4 is 17.5 Å². The van der Waals surface area contributed by atoms with E-state index in [0.717, 1.165) is 25.1 Å². The van der Waals surface area contributed by atoms with Gasteiger partial charge in [-0.2, -0.15) is 0 Å². The number of anilines is 2. The summed E-state index contributed by atoms with van der Waals surface area (Å²) in [5, 5.41) is 3.74. The average Bonchev–Trinajstić information content (AvgIpc) is 2.86. The van der Waals surface area contributed by atoms with Crippen molar-refractivity contribution in [1.82, 2.24) is 4.90 Å². The van der Waals surface area contributed by atoms with Crippen LogP contribution in [0, 0.1) is 0 Å². The Hall–Kier alpha value is -1.75. The highest BCUT2D eigenvalue weighted by molar-refractivity contribution is 5.92. The van der Waals surface area contributed by atoms with Gasteiger partial charge in [-0.1, -0.05) is 6.07 Å². The third kappa shape index (κ3) is 4.46. The third-order valence-corrected chi connectivity index (χ3v) is 4.95. The first-order valence-electron chi connectivity index (χ1n) is 9.41. The normalized spacial score (nSPS) is 21.6. The van der Waals surface area contributed by atoms with Gasteiger partial charge in [0.25, 0.3) is 0 Å². The molecule has 0 aliphatic carbocycles. The minimum atomic E-state index is -0.470. The van der Waals surface area contributed by atoms with E-state index in [1.165, 1.54) is 30.6 Å². The van der Waals surface area contributed by atoms with Gasteiger partial charge in [-0.05, 0) is 78.7 Å². The summed E-state index contributed by atoms with van der Waals surface area (Å²) in [6.45, 7) is 8.72. The lowest BCUT2D eigenvalue weighted by Crippen LogP contribution is -2.35. The van der Waals surface area contributed by atoms with Gasteiger partial charge in [0.15, 0.2) is 0 Å². The predicted molar refractivity (Wildman–Crippen MR) is 102 cm³/mol. The minimum absolute atomic E-state index is 0.250. The standard InChI is InChI=1S/C20H31N3O2/c1-20(2,3)25-19(24)23-14-11-16-17(8-5-9-18(16)23)21-15-7-6-12-22(4)13-10-15/h5,8-9,15,21H,6-7,10-14H2,1-4H3. The largest absolute Gasteiger partial charge is 0.443 e. The van der Waals surface area contributed by atoms with Gasteiger partial charge < -0.3 is 15.0 Å². The molecule has 5 heteroatoms. The predicted octanol–water partition coefficient (Wildman–Crippen LogP) is 3.88. The zero-order valence-electron chi connectivity index (χ0n) is 16.0. The second kappa shape index (κ2) is 7.24. The van der Waals surface area contributed by atoms with Crippen LogP contribution in [0.1, 0.15) is 45.6 Å². The fourth-order valence-corrected chi connectivity index (χ4v) is 3.68. The molecule has 5 nitrogen and oxygen atoms in total. The molecule has 25 heavy (non-hydrogen) atoms. The van der Waals surface area contributed by atoms with Crippen molar-refractivity contribution in [1.29, 1.82) is 0 Å². The van der Waals surface area contributed by atoms with Crippen molar-refractivity contribution in [3.63, 3.8) is 0 Å². The Morgan fingerprint density at radius 1 is 1.20 bits per heavy atom. The van der Waals surface area contributed by atoms with E-state index >= 15 is 0 Å². The summed E-state index contributed by atoms with van der Waals surface area (Å²) in [5.41, 5.74) is 2.94. The summed E-state index contributed by atoms with van der Waals surface area (Å²) in [5.74, 6) is 0. The van der Waals surface area contributed by atoms with Crippen molar-refractivity contribution in [3.8, 4) is 0 Å². The van der Waals surface area contributed by atoms with Crippen molar-refractivity contribution in [2.45, 2.75) is 58.1 Å². The SMILES string of the molecule is CN1CCCC(Nc2cccc3c2CCN3C(=O)OC(C)(C)C)CC1. The first kappa shape index (κ1) is 18.1. The second-order valence-electron chi connectivity index (χ2n) is 8.26. The number of ether oxygens (including phenoxy) is 1. The summed E-state index contributed by atoms with van der Waals surface area (Å²) in [7, 11) is 2.20. The topological polar surface area (TPSA) is 44.8 Å². The van der Waals surface area contributed by atoms with E-state index in [2.05, 4.69) is 23.3 Å². The number of carbonyl (C=O) groups excluding carboxylic acids is 1. The molecule has 138 valence electrons. The molecule has 0 bridgehead atoms. The maximum Gasteiger partial charge on any atom is 0.414 e. The van der Waals surface area contributed by atoms with Gasteiger partial charge in [0, 0.05) is 23.8 Å². The minimum Gasteiger partial charge on any atom is -0.443 e. The highest BCUT2D eigenvalue weighted by Gasteiger charge is 2.30. The number of amides is 1. The van der Waals surface area contributed by atoms with Gasteiger partial charge in [0.1, 0.15) is 5.60 Å². The molecule has 0 aromatic heterocycles. The monoisotopic (exact) mass is 345 g/mol. The molecule has 2 aliphatic rings. The zero-order chi connectivity index (χ0) is 18.0. The van der Waals surface area contributed by atoms with Gasteiger partial charge in [0.05, 0.1) is 5.69 Å². The molecule has 0 spiro atoms. The van der Waals surface area contributed by atoms with Gasteiger partial charge in [-0.15, -0.1) is 0 Å². The molecule has 1 fully saturated rings. The molecule has 0 radical (unpaired) electrons. The van der Waals surface area contributed by atoms with Gasteiger partial charge in [0.2, 0.25) is 0 Å². The number of carbonyl (C=O) groups is 1. The second-order valence-corrected chi connectivity index (χ2v) is 8.26. The lowest BCUT2D eigenvalue weighted by molar-refractivity contribution is 0.0584. The smallest absolute Gasteiger partial charge is 0.414 e. The summed E-state index contributed by atoms with van der Waals surface area (Å²) in [6, 6.07) is 6.71. The van der Waals surface area contributed by atoms with Crippen LogP contribution in [-0.2, 0) is 11.2 Å². The average molecular weight is 345 g/mol. The molecule has 3 rings (SSSR count). The van der Waals surface area contributed by atoms with Crippen LogP contribution in [0.5, 0.6) is 0 Å². The van der Waals surface area contributed by atoms with Crippen LogP contribution in [0.2, 0.25) is 0 Å². The number of likely N-dealkylation sites (tertiary alicyclic amines) is 1. The van der Waals surface area contributed by atoms with Crippen LogP contribution in [0.3, 0.4) is 0 Å². The molecule has 0 saturated carbocycles. The number of hydrogen-bond donors (Lipinski definition) is 1. The molecular weight excluding hydrogens is 314 g/mol. The van der Waals surface area contributed by atoms with Crippen molar-refractivity contribution in [3.05, 3.63) is 23.8 Å².